The summed E-state index contributed by atoms with van der Waals surface area (Å²) >= 11 is 12.4. The van der Waals surface area contributed by atoms with E-state index in [1.54, 1.807) is 0 Å². The van der Waals surface area contributed by atoms with Crippen molar-refractivity contribution >= 4 is 23.2 Å². The van der Waals surface area contributed by atoms with Crippen molar-refractivity contribution in [2.75, 3.05) is 19.6 Å². The van der Waals surface area contributed by atoms with Gasteiger partial charge in [0.2, 0.25) is 0 Å². The van der Waals surface area contributed by atoms with Crippen molar-refractivity contribution in [3.8, 4) is 0 Å². The van der Waals surface area contributed by atoms with E-state index in [4.69, 9.17) is 28.9 Å². The van der Waals surface area contributed by atoms with E-state index < -0.39 is 0 Å². The predicted octanol–water partition coefficient (Wildman–Crippen LogP) is 3.73. The third-order valence-electron chi connectivity index (χ3n) is 3.69. The Balaban J connectivity index is 2.24. The van der Waals surface area contributed by atoms with Crippen molar-refractivity contribution in [2.45, 2.75) is 25.8 Å². The minimum absolute atomic E-state index is 0.180. The van der Waals surface area contributed by atoms with Crippen LogP contribution in [0, 0.1) is 5.92 Å². The molecular formula is C14H20Cl2N2. The minimum Gasteiger partial charge on any atom is -0.329 e. The number of piperidine rings is 1. The van der Waals surface area contributed by atoms with Gasteiger partial charge in [-0.15, -0.1) is 0 Å². The maximum atomic E-state index is 6.31. The quantitative estimate of drug-likeness (QED) is 0.918. The lowest BCUT2D eigenvalue weighted by molar-refractivity contribution is 0.133. The molecule has 2 rings (SSSR count). The van der Waals surface area contributed by atoms with Gasteiger partial charge in [0, 0.05) is 19.1 Å². The van der Waals surface area contributed by atoms with Crippen molar-refractivity contribution in [3.63, 3.8) is 0 Å². The lowest BCUT2D eigenvalue weighted by Gasteiger charge is -2.37. The number of halogens is 2. The monoisotopic (exact) mass is 286 g/mol. The Morgan fingerprint density at radius 2 is 2.22 bits per heavy atom. The van der Waals surface area contributed by atoms with E-state index in [0.717, 1.165) is 24.6 Å². The van der Waals surface area contributed by atoms with Gasteiger partial charge in [-0.3, -0.25) is 4.90 Å². The van der Waals surface area contributed by atoms with Crippen LogP contribution >= 0.6 is 23.2 Å². The summed E-state index contributed by atoms with van der Waals surface area (Å²) in [6, 6.07) is 5.98. The summed E-state index contributed by atoms with van der Waals surface area (Å²) in [5.74, 6) is 0.728. The van der Waals surface area contributed by atoms with Crippen molar-refractivity contribution in [1.29, 1.82) is 0 Å². The summed E-state index contributed by atoms with van der Waals surface area (Å²) in [5.41, 5.74) is 7.01. The van der Waals surface area contributed by atoms with E-state index in [-0.39, 0.29) is 6.04 Å². The maximum Gasteiger partial charge on any atom is 0.0640 e. The van der Waals surface area contributed by atoms with E-state index >= 15 is 0 Å². The van der Waals surface area contributed by atoms with Gasteiger partial charge in [-0.25, -0.2) is 0 Å². The van der Waals surface area contributed by atoms with Crippen molar-refractivity contribution in [2.24, 2.45) is 11.7 Å². The fourth-order valence-electron chi connectivity index (χ4n) is 2.76. The lowest BCUT2D eigenvalue weighted by Crippen LogP contribution is -2.40. The summed E-state index contributed by atoms with van der Waals surface area (Å²) in [6.07, 6.45) is 2.53. The van der Waals surface area contributed by atoms with E-state index in [9.17, 15) is 0 Å². The third kappa shape index (κ3) is 3.00. The van der Waals surface area contributed by atoms with E-state index in [2.05, 4.69) is 11.8 Å². The van der Waals surface area contributed by atoms with Gasteiger partial charge in [0.15, 0.2) is 0 Å². The molecule has 0 bridgehead atoms. The molecular weight excluding hydrogens is 267 g/mol. The molecule has 1 fully saturated rings. The molecule has 1 aromatic carbocycles. The second-order valence-corrected chi connectivity index (χ2v) is 5.92. The zero-order valence-electron chi connectivity index (χ0n) is 10.7. The van der Waals surface area contributed by atoms with Gasteiger partial charge in [0.1, 0.15) is 0 Å². The summed E-state index contributed by atoms with van der Waals surface area (Å²) in [6.45, 7) is 5.05. The normalized spacial score (nSPS) is 23.0. The van der Waals surface area contributed by atoms with Crippen LogP contribution < -0.4 is 5.73 Å². The highest BCUT2D eigenvalue weighted by atomic mass is 35.5. The van der Waals surface area contributed by atoms with E-state index in [1.165, 1.54) is 12.8 Å². The first-order valence-electron chi connectivity index (χ1n) is 6.51. The smallest absolute Gasteiger partial charge is 0.0640 e. The number of likely N-dealkylation sites (tertiary alicyclic amines) is 1. The number of nitrogens with two attached hydrogens (primary N) is 1. The molecule has 0 aliphatic carbocycles. The average molecular weight is 287 g/mol. The topological polar surface area (TPSA) is 29.3 Å². The van der Waals surface area contributed by atoms with Crippen molar-refractivity contribution in [3.05, 3.63) is 33.8 Å². The standard InChI is InChI=1S/C14H20Cl2N2/c1-10-4-3-7-18(9-10)13(8-17)11-5-2-6-12(15)14(11)16/h2,5-6,10,13H,3-4,7-9,17H2,1H3/t10-,13+/m1/s1. The number of nitrogens with zero attached hydrogens (tertiary/aromatic N) is 1. The molecule has 1 saturated heterocycles. The van der Waals surface area contributed by atoms with Crippen LogP contribution in [0.5, 0.6) is 0 Å². The highest BCUT2D eigenvalue weighted by molar-refractivity contribution is 6.42. The van der Waals surface area contributed by atoms with Crippen LogP contribution in [-0.4, -0.2) is 24.5 Å². The molecule has 2 nitrogen and oxygen atoms in total. The Kier molecular flexibility index (Phi) is 4.91. The molecule has 2 atom stereocenters. The molecule has 2 N–H and O–H groups in total. The molecule has 1 aromatic rings. The first-order chi connectivity index (χ1) is 8.63. The second-order valence-electron chi connectivity index (χ2n) is 5.14. The molecule has 0 amide bonds. The summed E-state index contributed by atoms with van der Waals surface area (Å²) in [4.78, 5) is 2.44. The van der Waals surface area contributed by atoms with Gasteiger partial charge in [-0.05, 0) is 36.9 Å². The highest BCUT2D eigenvalue weighted by Gasteiger charge is 2.25. The number of benzene rings is 1. The second kappa shape index (κ2) is 6.25. The third-order valence-corrected chi connectivity index (χ3v) is 4.53. The molecule has 0 unspecified atom stereocenters. The molecule has 0 aromatic heterocycles. The SMILES string of the molecule is C[C@@H]1CCCN([C@@H](CN)c2cccc(Cl)c2Cl)C1. The van der Waals surface area contributed by atoms with Crippen LogP contribution in [0.15, 0.2) is 18.2 Å². The van der Waals surface area contributed by atoms with Crippen LogP contribution in [0.1, 0.15) is 31.4 Å². The van der Waals surface area contributed by atoms with Gasteiger partial charge in [-0.2, -0.15) is 0 Å². The fourth-order valence-corrected chi connectivity index (χ4v) is 3.19. The molecule has 1 aliphatic rings. The Morgan fingerprint density at radius 3 is 2.89 bits per heavy atom. The molecule has 100 valence electrons. The first-order valence-corrected chi connectivity index (χ1v) is 7.27. The number of hydrogen-bond donors (Lipinski definition) is 1. The number of hydrogen-bond acceptors (Lipinski definition) is 2. The van der Waals surface area contributed by atoms with Gasteiger partial charge in [0.05, 0.1) is 10.0 Å². The van der Waals surface area contributed by atoms with Gasteiger partial charge >= 0.3 is 0 Å². The first kappa shape index (κ1) is 14.1. The van der Waals surface area contributed by atoms with Crippen LogP contribution in [0.2, 0.25) is 10.0 Å². The van der Waals surface area contributed by atoms with Gasteiger partial charge in [0.25, 0.3) is 0 Å². The summed E-state index contributed by atoms with van der Waals surface area (Å²) in [5, 5.41) is 1.26. The molecule has 1 aliphatic heterocycles. The zero-order valence-corrected chi connectivity index (χ0v) is 12.2. The largest absolute Gasteiger partial charge is 0.329 e. The minimum atomic E-state index is 0.180. The molecule has 4 heteroatoms. The van der Waals surface area contributed by atoms with Gasteiger partial charge < -0.3 is 5.73 Å². The molecule has 1 heterocycles. The van der Waals surface area contributed by atoms with Crippen LogP contribution in [0.4, 0.5) is 0 Å². The average Bonchev–Trinajstić information content (AvgIpc) is 2.35. The lowest BCUT2D eigenvalue weighted by atomic mass is 9.96. The predicted molar refractivity (Wildman–Crippen MR) is 78.2 cm³/mol. The Bertz CT molecular complexity index is 409. The Labute approximate surface area is 119 Å². The fraction of sp³-hybridized carbons (Fsp3) is 0.571. The highest BCUT2D eigenvalue weighted by Crippen LogP contribution is 2.34. The maximum absolute atomic E-state index is 6.31. The van der Waals surface area contributed by atoms with E-state index in [0.29, 0.717) is 16.6 Å². The van der Waals surface area contributed by atoms with Crippen LogP contribution in [0.25, 0.3) is 0 Å². The van der Waals surface area contributed by atoms with Crippen LogP contribution in [-0.2, 0) is 0 Å². The van der Waals surface area contributed by atoms with Crippen molar-refractivity contribution < 1.29 is 0 Å². The Hall–Kier alpha value is -0.280. The zero-order chi connectivity index (χ0) is 13.1. The van der Waals surface area contributed by atoms with Crippen LogP contribution in [0.3, 0.4) is 0 Å². The molecule has 0 spiro atoms. The molecule has 0 radical (unpaired) electrons. The van der Waals surface area contributed by atoms with Gasteiger partial charge in [-0.1, -0.05) is 42.3 Å². The molecule has 18 heavy (non-hydrogen) atoms. The van der Waals surface area contributed by atoms with Crippen molar-refractivity contribution in [1.82, 2.24) is 4.90 Å². The summed E-state index contributed by atoms with van der Waals surface area (Å²) in [7, 11) is 0. The Morgan fingerprint density at radius 1 is 1.44 bits per heavy atom. The van der Waals surface area contributed by atoms with E-state index in [1.807, 2.05) is 18.2 Å². The summed E-state index contributed by atoms with van der Waals surface area (Å²) < 4.78 is 0. The number of rotatable bonds is 3. The molecule has 0 saturated carbocycles.